The highest BCUT2D eigenvalue weighted by atomic mass is 16.5. The van der Waals surface area contributed by atoms with E-state index in [1.807, 2.05) is 61.5 Å². The van der Waals surface area contributed by atoms with Crippen molar-refractivity contribution in [1.29, 1.82) is 0 Å². The van der Waals surface area contributed by atoms with Gasteiger partial charge in [-0.2, -0.15) is 9.97 Å². The Balaban J connectivity index is 1.92. The maximum atomic E-state index is 12.4. The number of unbranched alkanes of at least 4 members (excludes halogenated alkanes) is 1. The summed E-state index contributed by atoms with van der Waals surface area (Å²) in [6, 6.07) is 17.3. The minimum Gasteiger partial charge on any atom is -0.472 e. The normalized spacial score (nSPS) is 11.6. The lowest BCUT2D eigenvalue weighted by Gasteiger charge is -2.17. The fourth-order valence-electron chi connectivity index (χ4n) is 3.31. The van der Waals surface area contributed by atoms with Crippen LogP contribution in [0.4, 0.5) is 17.5 Å². The molecule has 3 rings (SSSR count). The second-order valence-electron chi connectivity index (χ2n) is 7.99. The van der Waals surface area contributed by atoms with Crippen LogP contribution in [-0.2, 0) is 6.61 Å². The Kier molecular flexibility index (Phi) is 8.60. The van der Waals surface area contributed by atoms with Gasteiger partial charge in [0.15, 0.2) is 5.82 Å². The minimum atomic E-state index is -0.681. The van der Waals surface area contributed by atoms with Crippen LogP contribution in [0.15, 0.2) is 54.6 Å². The second kappa shape index (κ2) is 11.8. The van der Waals surface area contributed by atoms with Gasteiger partial charge in [-0.15, -0.1) is 0 Å². The molecule has 0 aliphatic carbocycles. The van der Waals surface area contributed by atoms with Crippen molar-refractivity contribution >= 4 is 23.4 Å². The predicted octanol–water partition coefficient (Wildman–Crippen LogP) is 4.14. The van der Waals surface area contributed by atoms with Crippen molar-refractivity contribution < 1.29 is 9.53 Å². The number of carbonyl (C=O) groups excluding carboxylic acids is 1. The van der Waals surface area contributed by atoms with Crippen molar-refractivity contribution in [3.8, 4) is 5.88 Å². The Labute approximate surface area is 194 Å². The number of aryl methyl sites for hydroxylation is 1. The van der Waals surface area contributed by atoms with E-state index in [2.05, 4.69) is 27.5 Å². The molecule has 33 heavy (non-hydrogen) atoms. The van der Waals surface area contributed by atoms with E-state index < -0.39 is 5.91 Å². The average molecular weight is 449 g/mol. The fraction of sp³-hybridized carbons (Fsp3) is 0.320. The molecule has 0 radical (unpaired) electrons. The van der Waals surface area contributed by atoms with Crippen LogP contribution in [-0.4, -0.2) is 28.5 Å². The van der Waals surface area contributed by atoms with Crippen molar-refractivity contribution in [3.63, 3.8) is 0 Å². The molecule has 0 saturated carbocycles. The first-order valence-electron chi connectivity index (χ1n) is 11.2. The Bertz CT molecular complexity index is 1060. The van der Waals surface area contributed by atoms with Gasteiger partial charge in [-0.05, 0) is 36.6 Å². The highest BCUT2D eigenvalue weighted by molar-refractivity contribution is 6.00. The summed E-state index contributed by atoms with van der Waals surface area (Å²) in [7, 11) is 0. The zero-order valence-corrected chi connectivity index (χ0v) is 19.2. The number of nitrogens with one attached hydrogen (secondary N) is 2. The zero-order chi connectivity index (χ0) is 23.6. The number of carbonyl (C=O) groups is 1. The van der Waals surface area contributed by atoms with Gasteiger partial charge in [0.25, 0.3) is 5.91 Å². The lowest BCUT2D eigenvalue weighted by Crippen LogP contribution is -2.29. The van der Waals surface area contributed by atoms with Crippen LogP contribution < -0.4 is 26.8 Å². The number of rotatable bonds is 12. The number of nitrogens with two attached hydrogens (primary N) is 2. The number of nitrogens with zero attached hydrogens (tertiary/aromatic N) is 2. The van der Waals surface area contributed by atoms with Crippen LogP contribution in [0.2, 0.25) is 0 Å². The molecular formula is C25H32N6O2. The van der Waals surface area contributed by atoms with Gasteiger partial charge in [-0.3, -0.25) is 4.79 Å². The SMILES string of the molecule is CCCCC(N)CNc1nc(Nc2cccc(C)c2)c(C(N)=O)c(OCc2ccccc2)n1. The first-order valence-corrected chi connectivity index (χ1v) is 11.2. The van der Waals surface area contributed by atoms with E-state index in [4.69, 9.17) is 16.2 Å². The van der Waals surface area contributed by atoms with Gasteiger partial charge >= 0.3 is 0 Å². The third-order valence-electron chi connectivity index (χ3n) is 5.07. The summed E-state index contributed by atoms with van der Waals surface area (Å²) in [6.07, 6.45) is 3.03. The maximum absolute atomic E-state index is 12.4. The van der Waals surface area contributed by atoms with Crippen molar-refractivity contribution in [2.24, 2.45) is 11.5 Å². The van der Waals surface area contributed by atoms with E-state index in [0.29, 0.717) is 12.5 Å². The smallest absolute Gasteiger partial charge is 0.258 e. The Morgan fingerprint density at radius 3 is 2.61 bits per heavy atom. The van der Waals surface area contributed by atoms with Gasteiger partial charge in [0.2, 0.25) is 11.8 Å². The van der Waals surface area contributed by atoms with Gasteiger partial charge in [0, 0.05) is 18.3 Å². The topological polar surface area (TPSA) is 128 Å². The Morgan fingerprint density at radius 2 is 1.91 bits per heavy atom. The molecule has 1 amide bonds. The highest BCUT2D eigenvalue weighted by Gasteiger charge is 2.21. The molecule has 0 aliphatic rings. The van der Waals surface area contributed by atoms with Crippen LogP contribution in [0.5, 0.6) is 5.88 Å². The van der Waals surface area contributed by atoms with E-state index in [0.717, 1.165) is 36.1 Å². The molecule has 0 spiro atoms. The second-order valence-corrected chi connectivity index (χ2v) is 7.99. The molecule has 1 aromatic heterocycles. The molecule has 1 unspecified atom stereocenters. The molecule has 8 heteroatoms. The predicted molar refractivity (Wildman–Crippen MR) is 132 cm³/mol. The monoisotopic (exact) mass is 448 g/mol. The molecule has 2 aromatic carbocycles. The Hall–Kier alpha value is -3.65. The van der Waals surface area contributed by atoms with Crippen molar-refractivity contribution in [1.82, 2.24) is 9.97 Å². The van der Waals surface area contributed by atoms with Gasteiger partial charge in [-0.1, -0.05) is 62.2 Å². The number of anilines is 3. The quantitative estimate of drug-likeness (QED) is 0.328. The third-order valence-corrected chi connectivity index (χ3v) is 5.07. The molecule has 8 nitrogen and oxygen atoms in total. The van der Waals surface area contributed by atoms with E-state index in [1.165, 1.54) is 0 Å². The van der Waals surface area contributed by atoms with Gasteiger partial charge < -0.3 is 26.8 Å². The van der Waals surface area contributed by atoms with E-state index in [1.54, 1.807) is 0 Å². The molecule has 0 fully saturated rings. The number of primary amides is 1. The first kappa shape index (κ1) is 24.0. The van der Waals surface area contributed by atoms with Crippen LogP contribution in [0.3, 0.4) is 0 Å². The molecule has 1 heterocycles. The van der Waals surface area contributed by atoms with Crippen molar-refractivity contribution in [3.05, 3.63) is 71.3 Å². The largest absolute Gasteiger partial charge is 0.472 e. The lowest BCUT2D eigenvalue weighted by atomic mass is 10.1. The molecule has 0 bridgehead atoms. The third kappa shape index (κ3) is 7.18. The van der Waals surface area contributed by atoms with E-state index in [9.17, 15) is 4.79 Å². The molecule has 0 saturated heterocycles. The molecule has 6 N–H and O–H groups in total. The molecule has 3 aromatic rings. The van der Waals surface area contributed by atoms with E-state index in [-0.39, 0.29) is 29.9 Å². The molecule has 1 atom stereocenters. The number of ether oxygens (including phenoxy) is 1. The fourth-order valence-corrected chi connectivity index (χ4v) is 3.31. The van der Waals surface area contributed by atoms with Crippen molar-refractivity contribution in [2.75, 3.05) is 17.2 Å². The summed E-state index contributed by atoms with van der Waals surface area (Å²) in [5, 5.41) is 6.37. The molecule has 174 valence electrons. The van der Waals surface area contributed by atoms with E-state index >= 15 is 0 Å². The summed E-state index contributed by atoms with van der Waals surface area (Å²) in [4.78, 5) is 21.3. The Morgan fingerprint density at radius 1 is 1.12 bits per heavy atom. The van der Waals surface area contributed by atoms with Crippen LogP contribution >= 0.6 is 0 Å². The zero-order valence-electron chi connectivity index (χ0n) is 19.2. The van der Waals surface area contributed by atoms with Crippen LogP contribution in [0, 0.1) is 6.92 Å². The summed E-state index contributed by atoms with van der Waals surface area (Å²) >= 11 is 0. The first-order chi connectivity index (χ1) is 16.0. The van der Waals surface area contributed by atoms with Crippen LogP contribution in [0.25, 0.3) is 0 Å². The lowest BCUT2D eigenvalue weighted by molar-refractivity contribution is 0.0995. The molecule has 0 aliphatic heterocycles. The highest BCUT2D eigenvalue weighted by Crippen LogP contribution is 2.28. The van der Waals surface area contributed by atoms with Gasteiger partial charge in [0.1, 0.15) is 12.2 Å². The number of hydrogen-bond acceptors (Lipinski definition) is 7. The minimum absolute atomic E-state index is 0.0359. The van der Waals surface area contributed by atoms with Gasteiger partial charge in [0.05, 0.1) is 0 Å². The summed E-state index contributed by atoms with van der Waals surface area (Å²) < 4.78 is 5.94. The number of amides is 1. The average Bonchev–Trinajstić information content (AvgIpc) is 2.80. The molecular weight excluding hydrogens is 416 g/mol. The summed E-state index contributed by atoms with van der Waals surface area (Å²) in [5.41, 5.74) is 14.8. The maximum Gasteiger partial charge on any atom is 0.258 e. The summed E-state index contributed by atoms with van der Waals surface area (Å²) in [5.74, 6) is 0.0153. The number of hydrogen-bond donors (Lipinski definition) is 4. The number of benzene rings is 2. The standard InChI is InChI=1S/C25H32N6O2/c1-3-4-12-19(26)15-28-25-30-23(29-20-13-8-9-17(2)14-20)21(22(27)32)24(31-25)33-16-18-10-6-5-7-11-18/h5-11,13-14,19H,3-4,12,15-16,26H2,1-2H3,(H2,27,32)(H2,28,29,30,31). The van der Waals surface area contributed by atoms with Gasteiger partial charge in [-0.25, -0.2) is 0 Å². The number of aromatic nitrogens is 2. The summed E-state index contributed by atoms with van der Waals surface area (Å²) in [6.45, 7) is 4.85. The van der Waals surface area contributed by atoms with Crippen LogP contribution in [0.1, 0.15) is 47.7 Å². The van der Waals surface area contributed by atoms with Crippen molar-refractivity contribution in [2.45, 2.75) is 45.8 Å².